The van der Waals surface area contributed by atoms with Gasteiger partial charge in [-0.15, -0.1) is 0 Å². The van der Waals surface area contributed by atoms with Crippen LogP contribution >= 0.6 is 0 Å². The molecule has 0 unspecified atom stereocenters. The quantitative estimate of drug-likeness (QED) is 0.591. The molecule has 1 amide bonds. The van der Waals surface area contributed by atoms with Gasteiger partial charge in [0.25, 0.3) is 0 Å². The van der Waals surface area contributed by atoms with Crippen LogP contribution in [-0.4, -0.2) is 37.7 Å². The van der Waals surface area contributed by atoms with Crippen molar-refractivity contribution < 1.29 is 18.0 Å². The number of ketones is 1. The fraction of sp³-hybridized carbons (Fsp3) is 0.130. The monoisotopic (exact) mass is 422 g/mol. The van der Waals surface area contributed by atoms with Crippen LogP contribution in [0.5, 0.6) is 0 Å². The van der Waals surface area contributed by atoms with Crippen LogP contribution in [0.25, 0.3) is 0 Å². The highest BCUT2D eigenvalue weighted by atomic mass is 32.2. The number of para-hydroxylation sites is 1. The Kier molecular flexibility index (Phi) is 6.44. The van der Waals surface area contributed by atoms with E-state index in [2.05, 4.69) is 5.32 Å². The number of rotatable bonds is 7. The first-order valence-corrected chi connectivity index (χ1v) is 11.1. The second-order valence-electron chi connectivity index (χ2n) is 6.82. The lowest BCUT2D eigenvalue weighted by molar-refractivity contribution is -0.119. The molecule has 0 radical (unpaired) electrons. The average Bonchev–Trinajstić information content (AvgIpc) is 2.74. The van der Waals surface area contributed by atoms with Gasteiger partial charge in [0.2, 0.25) is 15.9 Å². The van der Waals surface area contributed by atoms with Crippen LogP contribution in [-0.2, 0) is 14.8 Å². The number of hydrogen-bond acceptors (Lipinski definition) is 4. The third-order valence-electron chi connectivity index (χ3n) is 4.72. The summed E-state index contributed by atoms with van der Waals surface area (Å²) >= 11 is 0. The number of sulfonamides is 1. The maximum Gasteiger partial charge on any atom is 0.247 e. The number of carbonyl (C=O) groups excluding carboxylic acids is 2. The van der Waals surface area contributed by atoms with Crippen LogP contribution in [0.2, 0.25) is 0 Å². The van der Waals surface area contributed by atoms with Crippen molar-refractivity contribution in [1.82, 2.24) is 4.31 Å². The minimum Gasteiger partial charge on any atom is -0.324 e. The van der Waals surface area contributed by atoms with Crippen LogP contribution in [0.1, 0.15) is 27.5 Å². The zero-order chi connectivity index (χ0) is 21.7. The summed E-state index contributed by atoms with van der Waals surface area (Å²) in [4.78, 5) is 26.1. The Morgan fingerprint density at radius 1 is 0.833 bits per heavy atom. The van der Waals surface area contributed by atoms with Gasteiger partial charge in [0.15, 0.2) is 5.78 Å². The minimum absolute atomic E-state index is 0.237. The minimum atomic E-state index is -3.65. The van der Waals surface area contributed by atoms with Gasteiger partial charge in [0.05, 0.1) is 11.9 Å². The average molecular weight is 423 g/mol. The van der Waals surface area contributed by atoms with Crippen LogP contribution in [0, 0.1) is 0 Å². The van der Waals surface area contributed by atoms with Crippen molar-refractivity contribution in [2.24, 2.45) is 0 Å². The van der Waals surface area contributed by atoms with Crippen molar-refractivity contribution in [3.05, 3.63) is 102 Å². The summed E-state index contributed by atoms with van der Waals surface area (Å²) < 4.78 is 25.3. The van der Waals surface area contributed by atoms with E-state index >= 15 is 0 Å². The molecule has 0 saturated heterocycles. The molecule has 0 aromatic heterocycles. The van der Waals surface area contributed by atoms with Gasteiger partial charge in [0.1, 0.15) is 6.04 Å². The van der Waals surface area contributed by atoms with E-state index in [-0.39, 0.29) is 5.78 Å². The predicted octanol–water partition coefficient (Wildman–Crippen LogP) is 3.49. The largest absolute Gasteiger partial charge is 0.324 e. The van der Waals surface area contributed by atoms with E-state index in [4.69, 9.17) is 0 Å². The van der Waals surface area contributed by atoms with Gasteiger partial charge < -0.3 is 5.32 Å². The van der Waals surface area contributed by atoms with Gasteiger partial charge in [-0.05, 0) is 17.7 Å². The summed E-state index contributed by atoms with van der Waals surface area (Å²) in [7, 11) is -2.30. The molecule has 3 aromatic carbocycles. The molecule has 0 saturated carbocycles. The maximum atomic E-state index is 13.2. The molecule has 154 valence electrons. The van der Waals surface area contributed by atoms with E-state index in [9.17, 15) is 18.0 Å². The highest BCUT2D eigenvalue weighted by Gasteiger charge is 2.31. The Labute approximate surface area is 176 Å². The van der Waals surface area contributed by atoms with Crippen LogP contribution in [0.15, 0.2) is 84.9 Å². The molecule has 0 spiro atoms. The number of benzene rings is 3. The van der Waals surface area contributed by atoms with Gasteiger partial charge in [-0.1, -0.05) is 72.8 Å². The number of nitrogens with zero attached hydrogens (tertiary/aromatic N) is 1. The summed E-state index contributed by atoms with van der Waals surface area (Å²) in [5, 5.41) is 2.75. The van der Waals surface area contributed by atoms with Crippen LogP contribution in [0.4, 0.5) is 5.69 Å². The molecule has 0 aliphatic carbocycles. The molecule has 0 aliphatic heterocycles. The molecular weight excluding hydrogens is 400 g/mol. The lowest BCUT2D eigenvalue weighted by Crippen LogP contribution is -2.38. The van der Waals surface area contributed by atoms with E-state index in [1.807, 2.05) is 6.07 Å². The predicted molar refractivity (Wildman–Crippen MR) is 117 cm³/mol. The Hall–Kier alpha value is -3.29. The third kappa shape index (κ3) is 4.82. The van der Waals surface area contributed by atoms with Crippen molar-refractivity contribution in [1.29, 1.82) is 0 Å². The first kappa shape index (κ1) is 21.4. The topological polar surface area (TPSA) is 83.6 Å². The van der Waals surface area contributed by atoms with Gasteiger partial charge >= 0.3 is 0 Å². The number of anilines is 1. The Morgan fingerprint density at radius 2 is 1.37 bits per heavy atom. The van der Waals surface area contributed by atoms with Gasteiger partial charge in [-0.2, -0.15) is 4.31 Å². The number of hydrogen-bond donors (Lipinski definition) is 1. The Bertz CT molecular complexity index is 1150. The molecule has 1 atom stereocenters. The molecule has 0 aliphatic rings. The van der Waals surface area contributed by atoms with E-state index in [0.29, 0.717) is 22.4 Å². The smallest absolute Gasteiger partial charge is 0.247 e. The summed E-state index contributed by atoms with van der Waals surface area (Å²) in [5.41, 5.74) is 1.66. The van der Waals surface area contributed by atoms with Gasteiger partial charge in [-0.25, -0.2) is 8.42 Å². The van der Waals surface area contributed by atoms with E-state index in [0.717, 1.165) is 10.6 Å². The Morgan fingerprint density at radius 3 is 1.97 bits per heavy atom. The molecule has 0 bridgehead atoms. The fourth-order valence-electron chi connectivity index (χ4n) is 3.09. The lowest BCUT2D eigenvalue weighted by atomic mass is 10.0. The van der Waals surface area contributed by atoms with Gasteiger partial charge in [0, 0.05) is 18.2 Å². The third-order valence-corrected chi connectivity index (χ3v) is 5.97. The molecule has 30 heavy (non-hydrogen) atoms. The molecule has 3 aromatic rings. The normalized spacial score (nSPS) is 12.4. The van der Waals surface area contributed by atoms with Crippen LogP contribution in [0.3, 0.4) is 0 Å². The van der Waals surface area contributed by atoms with E-state index < -0.39 is 22.0 Å². The molecule has 6 nitrogen and oxygen atoms in total. The number of amides is 1. The number of carbonyl (C=O) groups is 2. The first-order valence-electron chi connectivity index (χ1n) is 9.26. The SMILES string of the molecule is CN([C@@H](C(=O)Nc1ccccc1C(=O)c1ccccc1)c1ccccc1)S(C)(=O)=O. The second-order valence-corrected chi connectivity index (χ2v) is 8.86. The molecular formula is C23H22N2O4S. The summed E-state index contributed by atoms with van der Waals surface area (Å²) in [6.45, 7) is 0. The second kappa shape index (κ2) is 9.02. The molecule has 0 heterocycles. The van der Waals surface area contributed by atoms with Crippen molar-refractivity contribution in [2.75, 3.05) is 18.6 Å². The zero-order valence-electron chi connectivity index (χ0n) is 16.6. The summed E-state index contributed by atoms with van der Waals surface area (Å²) in [6, 6.07) is 23.0. The van der Waals surface area contributed by atoms with Crippen molar-refractivity contribution >= 4 is 27.4 Å². The molecule has 3 rings (SSSR count). The summed E-state index contributed by atoms with van der Waals surface area (Å²) in [6.07, 6.45) is 1.04. The van der Waals surface area contributed by atoms with E-state index in [1.165, 1.54) is 7.05 Å². The maximum absolute atomic E-state index is 13.2. The summed E-state index contributed by atoms with van der Waals surface area (Å²) in [5.74, 6) is -0.790. The molecule has 7 heteroatoms. The zero-order valence-corrected chi connectivity index (χ0v) is 17.5. The molecule has 1 N–H and O–H groups in total. The van der Waals surface area contributed by atoms with Gasteiger partial charge in [-0.3, -0.25) is 9.59 Å². The van der Waals surface area contributed by atoms with Crippen molar-refractivity contribution in [2.45, 2.75) is 6.04 Å². The molecule has 0 fully saturated rings. The number of nitrogens with one attached hydrogen (secondary N) is 1. The number of likely N-dealkylation sites (N-methyl/N-ethyl adjacent to an activating group) is 1. The van der Waals surface area contributed by atoms with Crippen molar-refractivity contribution in [3.63, 3.8) is 0 Å². The van der Waals surface area contributed by atoms with E-state index in [1.54, 1.807) is 78.9 Å². The Balaban J connectivity index is 1.97. The highest BCUT2D eigenvalue weighted by molar-refractivity contribution is 7.88. The fourth-order valence-corrected chi connectivity index (χ4v) is 3.69. The van der Waals surface area contributed by atoms with Crippen molar-refractivity contribution in [3.8, 4) is 0 Å². The van der Waals surface area contributed by atoms with Crippen LogP contribution < -0.4 is 5.32 Å². The standard InChI is InChI=1S/C23H22N2O4S/c1-25(30(2,28)29)21(17-11-5-3-6-12-17)23(27)24-20-16-10-9-15-19(20)22(26)18-13-7-4-8-14-18/h3-16,21H,1-2H3,(H,24,27)/t21-/m1/s1. The first-order chi connectivity index (χ1) is 14.3. The highest BCUT2D eigenvalue weighted by Crippen LogP contribution is 2.26. The lowest BCUT2D eigenvalue weighted by Gasteiger charge is -2.26.